The van der Waals surface area contributed by atoms with Crippen molar-refractivity contribution in [3.63, 3.8) is 0 Å². The van der Waals surface area contributed by atoms with Crippen LogP contribution in [-0.2, 0) is 39.3 Å². The zero-order chi connectivity index (χ0) is 14.0. The first-order chi connectivity index (χ1) is 7.92. The van der Waals surface area contributed by atoms with Crippen LogP contribution in [0.2, 0.25) is 0 Å². The van der Waals surface area contributed by atoms with Gasteiger partial charge in [-0.2, -0.15) is 0 Å². The Bertz CT molecular complexity index is 159. The smallest absolute Gasteiger partial charge is 0.507 e. The van der Waals surface area contributed by atoms with Gasteiger partial charge in [0.15, 0.2) is 0 Å². The Morgan fingerprint density at radius 1 is 0.941 bits per heavy atom. The minimum Gasteiger partial charge on any atom is -0.747 e. The predicted molar refractivity (Wildman–Crippen MR) is 84.5 cm³/mol. The van der Waals surface area contributed by atoms with Crippen LogP contribution >= 0.6 is 28.9 Å². The quantitative estimate of drug-likeness (QED) is 0.336. The van der Waals surface area contributed by atoms with Gasteiger partial charge in [-0.1, -0.05) is 41.0 Å². The fourth-order valence-electron chi connectivity index (χ4n) is 2.96. The van der Waals surface area contributed by atoms with E-state index in [1.54, 1.807) is 0 Å². The van der Waals surface area contributed by atoms with Gasteiger partial charge in [-0.05, 0) is 29.6 Å². The summed E-state index contributed by atoms with van der Waals surface area (Å²) in [6, 6.07) is 0. The van der Waals surface area contributed by atoms with E-state index in [9.17, 15) is 0 Å². The maximum absolute atomic E-state index is 4.92. The zero-order valence-corrected chi connectivity index (χ0v) is 17.6. The molecule has 0 bridgehead atoms. The van der Waals surface area contributed by atoms with Gasteiger partial charge in [0, 0.05) is 0 Å². The van der Waals surface area contributed by atoms with Crippen molar-refractivity contribution in [2.24, 2.45) is 29.6 Å². The summed E-state index contributed by atoms with van der Waals surface area (Å²) < 4.78 is 0. The second-order valence-corrected chi connectivity index (χ2v) is 10.3. The Labute approximate surface area is 137 Å². The van der Waals surface area contributed by atoms with E-state index in [1.807, 2.05) is 0 Å². The second kappa shape index (κ2) is 13.3. The Hall–Kier alpha value is 2.29. The van der Waals surface area contributed by atoms with Crippen molar-refractivity contribution >= 4 is 52.2 Å². The van der Waals surface area contributed by atoms with Crippen LogP contribution in [0.5, 0.6) is 0 Å². The van der Waals surface area contributed by atoms with E-state index in [1.165, 1.54) is 6.42 Å². The molecule has 0 aromatic heterocycles. The predicted octanol–water partition coefficient (Wildman–Crippen LogP) is 5.59. The van der Waals surface area contributed by atoms with Crippen LogP contribution in [0.15, 0.2) is 0 Å². The van der Waals surface area contributed by atoms with Gasteiger partial charge in [0.2, 0.25) is 0 Å². The fourth-order valence-corrected chi connectivity index (χ4v) is 2.96. The molecule has 4 atom stereocenters. The first kappa shape index (κ1) is 21.6. The Kier molecular flexibility index (Phi) is 16.9. The van der Waals surface area contributed by atoms with Gasteiger partial charge in [0.1, 0.15) is 0 Å². The van der Waals surface area contributed by atoms with E-state index < -0.39 is 15.9 Å². The molecule has 0 saturated heterocycles. The molecule has 0 radical (unpaired) electrons. The third kappa shape index (κ3) is 8.23. The Balaban J connectivity index is 0. The molecular weight excluding hydrogens is 485 g/mol. The fraction of sp³-hybridized carbons (Fsp3) is 1.00. The molecule has 0 aromatic carbocycles. The van der Waals surface area contributed by atoms with Gasteiger partial charge in [-0.15, -0.1) is 0 Å². The summed E-state index contributed by atoms with van der Waals surface area (Å²) in [7, 11) is 10.7. The topological polar surface area (TPSA) is 0 Å². The van der Waals surface area contributed by atoms with Gasteiger partial charge < -0.3 is 33.1 Å². The number of rotatable bonds is 1. The molecule has 1 aliphatic carbocycles. The molecule has 1 fully saturated rings. The standard InChI is InChI=1S/C11H22.2ClH.Re.H2S3/c1-6-11-9(4)7(2)8(3)10(11)5;;;;1-3-2/h7-11H,6H2,1-5H3;2*1H;;1-2H/q;;;+2;/p-4. The molecule has 1 aliphatic rings. The summed E-state index contributed by atoms with van der Waals surface area (Å²) in [5.41, 5.74) is 0. The molecule has 0 amide bonds. The van der Waals surface area contributed by atoms with Gasteiger partial charge >= 0.3 is 35.0 Å². The summed E-state index contributed by atoms with van der Waals surface area (Å²) in [6.45, 7) is 12.0. The van der Waals surface area contributed by atoms with Crippen molar-refractivity contribution < 1.29 is 15.9 Å². The average Bonchev–Trinajstić information content (AvgIpc) is 2.46. The molecule has 0 N–H and O–H groups in total. The molecule has 0 spiro atoms. The van der Waals surface area contributed by atoms with Gasteiger partial charge in [0.25, 0.3) is 0 Å². The molecule has 0 aliphatic heterocycles. The SMILES string of the molecule is CCC1C(C)C(C)C(C)C1C.[Cl][Re][Cl].[S-]S[S-]. The Morgan fingerprint density at radius 2 is 1.18 bits per heavy atom. The van der Waals surface area contributed by atoms with E-state index in [0.717, 1.165) is 39.4 Å². The van der Waals surface area contributed by atoms with E-state index in [4.69, 9.17) is 19.1 Å². The third-order valence-electron chi connectivity index (χ3n) is 4.31. The average molecular weight is 508 g/mol. The van der Waals surface area contributed by atoms with Crippen LogP contribution in [0.3, 0.4) is 0 Å². The molecular formula is C11H22Cl2ReS3-2. The van der Waals surface area contributed by atoms with Crippen molar-refractivity contribution in [1.29, 1.82) is 0 Å². The maximum atomic E-state index is 4.92. The normalized spacial score (nSPS) is 35.5. The summed E-state index contributed by atoms with van der Waals surface area (Å²) in [4.78, 5) is 0. The van der Waals surface area contributed by atoms with Crippen LogP contribution in [-0.4, -0.2) is 0 Å². The van der Waals surface area contributed by atoms with Crippen molar-refractivity contribution in [2.45, 2.75) is 41.0 Å². The first-order valence-corrected chi connectivity index (χ1v) is 15.1. The van der Waals surface area contributed by atoms with E-state index >= 15 is 0 Å². The monoisotopic (exact) mass is 507 g/mol. The molecule has 107 valence electrons. The van der Waals surface area contributed by atoms with Gasteiger partial charge in [0.05, 0.1) is 0 Å². The molecule has 1 saturated carbocycles. The zero-order valence-electron chi connectivity index (χ0n) is 11.0. The van der Waals surface area contributed by atoms with E-state index in [-0.39, 0.29) is 0 Å². The summed E-state index contributed by atoms with van der Waals surface area (Å²) in [5, 5.41) is 0. The minimum atomic E-state index is -0.722. The van der Waals surface area contributed by atoms with E-state index in [2.05, 4.69) is 57.9 Å². The summed E-state index contributed by atoms with van der Waals surface area (Å²) >= 11 is 7.53. The van der Waals surface area contributed by atoms with Crippen molar-refractivity contribution in [3.8, 4) is 0 Å². The molecule has 0 aromatic rings. The number of halogens is 2. The number of hydrogen-bond donors (Lipinski definition) is 0. The van der Waals surface area contributed by atoms with E-state index in [0.29, 0.717) is 0 Å². The van der Waals surface area contributed by atoms with Gasteiger partial charge in [-0.3, -0.25) is 0 Å². The molecule has 17 heavy (non-hydrogen) atoms. The first-order valence-electron chi connectivity index (χ1n) is 5.71. The van der Waals surface area contributed by atoms with Crippen LogP contribution in [0.4, 0.5) is 0 Å². The molecule has 4 unspecified atom stereocenters. The molecule has 1 rings (SSSR count). The molecule has 0 heterocycles. The number of hydrogen-bond acceptors (Lipinski definition) is 3. The third-order valence-corrected chi connectivity index (χ3v) is 4.31. The van der Waals surface area contributed by atoms with Crippen LogP contribution in [0.1, 0.15) is 41.0 Å². The van der Waals surface area contributed by atoms with Crippen molar-refractivity contribution in [3.05, 3.63) is 0 Å². The largest absolute Gasteiger partial charge is 0.747 e. The molecule has 6 heteroatoms. The molecule has 0 nitrogen and oxygen atoms in total. The maximum Gasteiger partial charge on any atom is -0.507 e. The van der Waals surface area contributed by atoms with Crippen molar-refractivity contribution in [1.82, 2.24) is 0 Å². The van der Waals surface area contributed by atoms with Crippen LogP contribution in [0.25, 0.3) is 0 Å². The Morgan fingerprint density at radius 3 is 1.29 bits per heavy atom. The van der Waals surface area contributed by atoms with Crippen LogP contribution < -0.4 is 0 Å². The second-order valence-electron chi connectivity index (χ2n) is 4.63. The summed E-state index contributed by atoms with van der Waals surface area (Å²) in [5.74, 6) is 4.76. The van der Waals surface area contributed by atoms with Crippen molar-refractivity contribution in [2.75, 3.05) is 0 Å². The van der Waals surface area contributed by atoms with Gasteiger partial charge in [-0.25, -0.2) is 0 Å². The van der Waals surface area contributed by atoms with Crippen LogP contribution in [0, 0.1) is 29.6 Å². The summed E-state index contributed by atoms with van der Waals surface area (Å²) in [6.07, 6.45) is 1.37. The minimum absolute atomic E-state index is 0.722.